The molecular formula is C17H23N3O2S. The monoisotopic (exact) mass is 333 g/mol. The Bertz CT molecular complexity index is 613. The fourth-order valence-electron chi connectivity index (χ4n) is 2.02. The number of urea groups is 1. The Morgan fingerprint density at radius 2 is 2.00 bits per heavy atom. The zero-order valence-electron chi connectivity index (χ0n) is 13.5. The molecule has 2 amide bonds. The predicted molar refractivity (Wildman–Crippen MR) is 93.3 cm³/mol. The lowest BCUT2D eigenvalue weighted by Crippen LogP contribution is -2.37. The third-order valence-electron chi connectivity index (χ3n) is 3.52. The van der Waals surface area contributed by atoms with Crippen LogP contribution in [0.5, 0.6) is 0 Å². The van der Waals surface area contributed by atoms with Crippen molar-refractivity contribution in [1.82, 2.24) is 15.6 Å². The number of hydrogen-bond acceptors (Lipinski definition) is 4. The summed E-state index contributed by atoms with van der Waals surface area (Å²) in [5, 5.41) is 18.1. The number of aliphatic hydroxyl groups is 1. The van der Waals surface area contributed by atoms with Gasteiger partial charge in [-0.3, -0.25) is 0 Å². The van der Waals surface area contributed by atoms with Crippen LogP contribution in [0.15, 0.2) is 35.7 Å². The third-order valence-corrected chi connectivity index (χ3v) is 4.37. The Hall–Kier alpha value is -1.92. The molecule has 124 valence electrons. The minimum atomic E-state index is -0.386. The number of nitrogens with one attached hydrogen (secondary N) is 2. The summed E-state index contributed by atoms with van der Waals surface area (Å²) in [6.07, 6.45) is 0.170. The summed E-state index contributed by atoms with van der Waals surface area (Å²) < 4.78 is 0. The van der Waals surface area contributed by atoms with E-state index in [4.69, 9.17) is 0 Å². The van der Waals surface area contributed by atoms with Gasteiger partial charge in [0, 0.05) is 17.5 Å². The summed E-state index contributed by atoms with van der Waals surface area (Å²) in [6, 6.07) is 9.71. The average molecular weight is 333 g/mol. The lowest BCUT2D eigenvalue weighted by molar-refractivity contribution is 0.116. The van der Waals surface area contributed by atoms with Gasteiger partial charge in [-0.1, -0.05) is 44.2 Å². The highest BCUT2D eigenvalue weighted by molar-refractivity contribution is 7.09. The molecule has 23 heavy (non-hydrogen) atoms. The van der Waals surface area contributed by atoms with Crippen molar-refractivity contribution in [1.29, 1.82) is 0 Å². The van der Waals surface area contributed by atoms with Gasteiger partial charge in [0.05, 0.1) is 18.3 Å². The maximum absolute atomic E-state index is 11.7. The van der Waals surface area contributed by atoms with Crippen molar-refractivity contribution in [2.24, 2.45) is 5.92 Å². The summed E-state index contributed by atoms with van der Waals surface area (Å²) in [5.74, 6) is 0.201. The molecule has 3 N–H and O–H groups in total. The van der Waals surface area contributed by atoms with E-state index < -0.39 is 0 Å². The molecule has 0 radical (unpaired) electrons. The van der Waals surface area contributed by atoms with Crippen LogP contribution < -0.4 is 10.6 Å². The third kappa shape index (κ3) is 5.65. The van der Waals surface area contributed by atoms with Crippen LogP contribution in [0.25, 0.3) is 11.3 Å². The Morgan fingerprint density at radius 3 is 2.70 bits per heavy atom. The van der Waals surface area contributed by atoms with Gasteiger partial charge in [-0.15, -0.1) is 11.3 Å². The van der Waals surface area contributed by atoms with Gasteiger partial charge in [-0.05, 0) is 12.3 Å². The molecule has 0 fully saturated rings. The summed E-state index contributed by atoms with van der Waals surface area (Å²) >= 11 is 1.53. The first-order valence-corrected chi connectivity index (χ1v) is 8.64. The number of nitrogens with zero attached hydrogens (tertiary/aromatic N) is 1. The molecular weight excluding hydrogens is 310 g/mol. The molecule has 0 spiro atoms. The van der Waals surface area contributed by atoms with Gasteiger partial charge >= 0.3 is 6.03 Å². The molecule has 2 rings (SSSR count). The van der Waals surface area contributed by atoms with Gasteiger partial charge in [0.2, 0.25) is 0 Å². The lowest BCUT2D eigenvalue weighted by atomic mass is 10.0. The minimum absolute atomic E-state index is 0.201. The first-order valence-electron chi connectivity index (χ1n) is 7.76. The topological polar surface area (TPSA) is 74.2 Å². The lowest BCUT2D eigenvalue weighted by Gasteiger charge is -2.14. The van der Waals surface area contributed by atoms with Gasteiger partial charge < -0.3 is 15.7 Å². The predicted octanol–water partition coefficient (Wildman–Crippen LogP) is 3.02. The highest BCUT2D eigenvalue weighted by Crippen LogP contribution is 2.21. The SMILES string of the molecule is CC(C)C(O)CCNC(=O)NCc1nc(-c2ccccc2)cs1. The van der Waals surface area contributed by atoms with E-state index in [2.05, 4.69) is 15.6 Å². The Labute approximate surface area is 140 Å². The summed E-state index contributed by atoms with van der Waals surface area (Å²) in [6.45, 7) is 4.77. The summed E-state index contributed by atoms with van der Waals surface area (Å²) in [4.78, 5) is 16.2. The van der Waals surface area contributed by atoms with Crippen LogP contribution in [0.4, 0.5) is 4.79 Å². The number of rotatable bonds is 7. The Kier molecular flexibility index (Phi) is 6.55. The van der Waals surface area contributed by atoms with Crippen molar-refractivity contribution in [3.05, 3.63) is 40.7 Å². The van der Waals surface area contributed by atoms with Crippen molar-refractivity contribution in [3.8, 4) is 11.3 Å². The van der Waals surface area contributed by atoms with E-state index in [0.717, 1.165) is 16.3 Å². The molecule has 0 aliphatic heterocycles. The van der Waals surface area contributed by atoms with E-state index in [1.165, 1.54) is 11.3 Å². The van der Waals surface area contributed by atoms with E-state index in [1.807, 2.05) is 49.6 Å². The van der Waals surface area contributed by atoms with Crippen LogP contribution in [0, 0.1) is 5.92 Å². The number of carbonyl (C=O) groups is 1. The second-order valence-electron chi connectivity index (χ2n) is 5.70. The summed E-state index contributed by atoms with van der Waals surface area (Å²) in [7, 11) is 0. The fourth-order valence-corrected chi connectivity index (χ4v) is 2.76. The Morgan fingerprint density at radius 1 is 1.26 bits per heavy atom. The number of aromatic nitrogens is 1. The van der Waals surface area contributed by atoms with E-state index in [0.29, 0.717) is 19.5 Å². The Balaban J connectivity index is 1.74. The number of carbonyl (C=O) groups excluding carboxylic acids is 1. The number of hydrogen-bond donors (Lipinski definition) is 3. The molecule has 0 aliphatic carbocycles. The van der Waals surface area contributed by atoms with Crippen molar-refractivity contribution < 1.29 is 9.90 Å². The molecule has 1 atom stereocenters. The van der Waals surface area contributed by atoms with Crippen molar-refractivity contribution in [3.63, 3.8) is 0 Å². The van der Waals surface area contributed by atoms with Crippen LogP contribution in [0.2, 0.25) is 0 Å². The normalized spacial score (nSPS) is 12.2. The van der Waals surface area contributed by atoms with Crippen molar-refractivity contribution >= 4 is 17.4 Å². The first-order chi connectivity index (χ1) is 11.1. The molecule has 1 aromatic heterocycles. The zero-order chi connectivity index (χ0) is 16.7. The number of amides is 2. The van der Waals surface area contributed by atoms with Crippen LogP contribution in [0.1, 0.15) is 25.3 Å². The zero-order valence-corrected chi connectivity index (χ0v) is 14.3. The molecule has 6 heteroatoms. The standard InChI is InChI=1S/C17H23N3O2S/c1-12(2)15(21)8-9-18-17(22)19-10-16-20-14(11-23-16)13-6-4-3-5-7-13/h3-7,11-12,15,21H,8-10H2,1-2H3,(H2,18,19,22). The van der Waals surface area contributed by atoms with Crippen molar-refractivity contribution in [2.75, 3.05) is 6.54 Å². The van der Waals surface area contributed by atoms with Gasteiger partial charge in [0.1, 0.15) is 5.01 Å². The second-order valence-corrected chi connectivity index (χ2v) is 6.64. The fraction of sp³-hybridized carbons (Fsp3) is 0.412. The van der Waals surface area contributed by atoms with E-state index in [-0.39, 0.29) is 18.1 Å². The minimum Gasteiger partial charge on any atom is -0.393 e. The molecule has 2 aromatic rings. The van der Waals surface area contributed by atoms with E-state index in [1.54, 1.807) is 0 Å². The average Bonchev–Trinajstić information content (AvgIpc) is 3.02. The molecule has 0 saturated carbocycles. The molecule has 1 heterocycles. The second kappa shape index (κ2) is 8.64. The van der Waals surface area contributed by atoms with Crippen LogP contribution in [-0.2, 0) is 6.54 Å². The highest BCUT2D eigenvalue weighted by Gasteiger charge is 2.10. The smallest absolute Gasteiger partial charge is 0.315 e. The molecule has 5 nitrogen and oxygen atoms in total. The molecule has 1 unspecified atom stereocenters. The van der Waals surface area contributed by atoms with Gasteiger partial charge in [-0.25, -0.2) is 9.78 Å². The van der Waals surface area contributed by atoms with E-state index >= 15 is 0 Å². The summed E-state index contributed by atoms with van der Waals surface area (Å²) in [5.41, 5.74) is 2.00. The van der Waals surface area contributed by atoms with Gasteiger partial charge in [-0.2, -0.15) is 0 Å². The quantitative estimate of drug-likeness (QED) is 0.729. The van der Waals surface area contributed by atoms with Crippen LogP contribution >= 0.6 is 11.3 Å². The van der Waals surface area contributed by atoms with Gasteiger partial charge in [0.15, 0.2) is 0 Å². The number of aliphatic hydroxyl groups excluding tert-OH is 1. The molecule has 0 bridgehead atoms. The van der Waals surface area contributed by atoms with Crippen LogP contribution in [0.3, 0.4) is 0 Å². The van der Waals surface area contributed by atoms with Gasteiger partial charge in [0.25, 0.3) is 0 Å². The van der Waals surface area contributed by atoms with E-state index in [9.17, 15) is 9.90 Å². The first kappa shape index (κ1) is 17.4. The number of thiazole rings is 1. The number of benzene rings is 1. The van der Waals surface area contributed by atoms with Crippen LogP contribution in [-0.4, -0.2) is 28.8 Å². The molecule has 0 aliphatic rings. The highest BCUT2D eigenvalue weighted by atomic mass is 32.1. The largest absolute Gasteiger partial charge is 0.393 e. The molecule has 1 aromatic carbocycles. The maximum Gasteiger partial charge on any atom is 0.315 e. The van der Waals surface area contributed by atoms with Crippen molar-refractivity contribution in [2.45, 2.75) is 32.9 Å². The molecule has 0 saturated heterocycles. The maximum atomic E-state index is 11.7.